The summed E-state index contributed by atoms with van der Waals surface area (Å²) in [5.41, 5.74) is 2.55. The first-order chi connectivity index (χ1) is 9.90. The molecule has 2 aliphatic carbocycles. The summed E-state index contributed by atoms with van der Waals surface area (Å²) in [6.07, 6.45) is 4.66. The number of hydrogen-bond acceptors (Lipinski definition) is 3. The average molecular weight is 308 g/mol. The van der Waals surface area contributed by atoms with Gasteiger partial charge in [0.1, 0.15) is 0 Å². The molecular weight excluding hydrogens is 284 g/mol. The molecule has 2 saturated carbocycles. The second-order valence-corrected chi connectivity index (χ2v) is 8.24. The standard InChI is InChI=1S/C16H24N2O2S/c1-10-6-14(17-3)7-11(2)16(10)21(19,20)18-15-9-12-4-5-13(15)8-12/h6-7,12-13,15,17-18H,4-5,8-9H2,1-3H3. The van der Waals surface area contributed by atoms with Gasteiger partial charge in [0, 0.05) is 18.8 Å². The van der Waals surface area contributed by atoms with E-state index in [9.17, 15) is 8.42 Å². The smallest absolute Gasteiger partial charge is 0.241 e. The van der Waals surface area contributed by atoms with Gasteiger partial charge in [-0.3, -0.25) is 0 Å². The fourth-order valence-corrected chi connectivity index (χ4v) is 5.94. The van der Waals surface area contributed by atoms with Gasteiger partial charge >= 0.3 is 0 Å². The Bertz CT molecular complexity index is 631. The topological polar surface area (TPSA) is 58.2 Å². The normalized spacial score (nSPS) is 28.0. The van der Waals surface area contributed by atoms with Crippen molar-refractivity contribution in [3.05, 3.63) is 23.3 Å². The van der Waals surface area contributed by atoms with Crippen LogP contribution in [0.5, 0.6) is 0 Å². The van der Waals surface area contributed by atoms with E-state index in [1.165, 1.54) is 19.3 Å². The second-order valence-electron chi connectivity index (χ2n) is 6.59. The van der Waals surface area contributed by atoms with Gasteiger partial charge in [-0.1, -0.05) is 6.42 Å². The van der Waals surface area contributed by atoms with Gasteiger partial charge in [-0.25, -0.2) is 13.1 Å². The molecule has 2 fully saturated rings. The third kappa shape index (κ3) is 2.69. The molecule has 0 aromatic heterocycles. The van der Waals surface area contributed by atoms with Crippen LogP contribution in [0.3, 0.4) is 0 Å². The molecule has 1 aromatic carbocycles. The third-order valence-corrected chi connectivity index (χ3v) is 6.86. The van der Waals surface area contributed by atoms with E-state index in [0.29, 0.717) is 10.8 Å². The largest absolute Gasteiger partial charge is 0.388 e. The van der Waals surface area contributed by atoms with Gasteiger partial charge in [0.15, 0.2) is 0 Å². The van der Waals surface area contributed by atoms with Gasteiger partial charge in [0.05, 0.1) is 4.90 Å². The van der Waals surface area contributed by atoms with Gasteiger partial charge in [0.25, 0.3) is 0 Å². The molecule has 2 aliphatic rings. The number of aryl methyl sites for hydroxylation is 2. The van der Waals surface area contributed by atoms with Gasteiger partial charge < -0.3 is 5.32 Å². The van der Waals surface area contributed by atoms with E-state index in [0.717, 1.165) is 29.2 Å². The lowest BCUT2D eigenvalue weighted by molar-refractivity contribution is 0.390. The number of fused-ring (bicyclic) bond motifs is 2. The lowest BCUT2D eigenvalue weighted by atomic mass is 9.96. The number of hydrogen-bond donors (Lipinski definition) is 2. The Morgan fingerprint density at radius 2 is 1.76 bits per heavy atom. The highest BCUT2D eigenvalue weighted by atomic mass is 32.2. The highest BCUT2D eigenvalue weighted by Gasteiger charge is 2.41. The summed E-state index contributed by atoms with van der Waals surface area (Å²) in [6, 6.07) is 3.92. The van der Waals surface area contributed by atoms with Gasteiger partial charge in [-0.15, -0.1) is 0 Å². The maximum absolute atomic E-state index is 12.8. The van der Waals surface area contributed by atoms with E-state index in [2.05, 4.69) is 10.0 Å². The van der Waals surface area contributed by atoms with Crippen LogP contribution >= 0.6 is 0 Å². The molecule has 5 heteroatoms. The molecule has 0 amide bonds. The third-order valence-electron chi connectivity index (χ3n) is 5.06. The minimum atomic E-state index is -3.43. The van der Waals surface area contributed by atoms with Crippen molar-refractivity contribution in [1.82, 2.24) is 4.72 Å². The molecule has 0 heterocycles. The molecule has 0 aliphatic heterocycles. The lowest BCUT2D eigenvalue weighted by Gasteiger charge is -2.24. The quantitative estimate of drug-likeness (QED) is 0.899. The minimum absolute atomic E-state index is 0.136. The molecule has 2 N–H and O–H groups in total. The van der Waals surface area contributed by atoms with Gasteiger partial charge in [-0.2, -0.15) is 0 Å². The van der Waals surface area contributed by atoms with E-state index in [1.807, 2.05) is 33.0 Å². The van der Waals surface area contributed by atoms with E-state index in [-0.39, 0.29) is 6.04 Å². The van der Waals surface area contributed by atoms with Crippen molar-refractivity contribution in [1.29, 1.82) is 0 Å². The maximum atomic E-state index is 12.8. The van der Waals surface area contributed by atoms with Crippen LogP contribution in [-0.2, 0) is 10.0 Å². The molecule has 116 valence electrons. The summed E-state index contributed by atoms with van der Waals surface area (Å²) in [5, 5.41) is 3.07. The zero-order valence-electron chi connectivity index (χ0n) is 12.9. The zero-order chi connectivity index (χ0) is 15.2. The fraction of sp³-hybridized carbons (Fsp3) is 0.625. The molecule has 3 rings (SSSR count). The number of anilines is 1. The number of sulfonamides is 1. The van der Waals surface area contributed by atoms with Crippen molar-refractivity contribution in [2.24, 2.45) is 11.8 Å². The minimum Gasteiger partial charge on any atom is -0.388 e. The van der Waals surface area contributed by atoms with Crippen molar-refractivity contribution < 1.29 is 8.42 Å². The summed E-state index contributed by atoms with van der Waals surface area (Å²) in [7, 11) is -1.59. The molecule has 3 atom stereocenters. The van der Waals surface area contributed by atoms with Gasteiger partial charge in [-0.05, 0) is 68.2 Å². The SMILES string of the molecule is CNc1cc(C)c(S(=O)(=O)NC2CC3CCC2C3)c(C)c1. The Labute approximate surface area is 127 Å². The van der Waals surface area contributed by atoms with Crippen LogP contribution in [0.15, 0.2) is 17.0 Å². The van der Waals surface area contributed by atoms with Crippen LogP contribution in [-0.4, -0.2) is 21.5 Å². The van der Waals surface area contributed by atoms with Crippen LogP contribution in [0, 0.1) is 25.7 Å². The number of benzene rings is 1. The van der Waals surface area contributed by atoms with Crippen LogP contribution in [0.1, 0.15) is 36.8 Å². The van der Waals surface area contributed by atoms with Gasteiger partial charge in [0.2, 0.25) is 10.0 Å². The first-order valence-electron chi connectivity index (χ1n) is 7.72. The van der Waals surface area contributed by atoms with Crippen LogP contribution < -0.4 is 10.0 Å². The summed E-state index contributed by atoms with van der Waals surface area (Å²) in [5.74, 6) is 1.28. The van der Waals surface area contributed by atoms with Crippen LogP contribution in [0.2, 0.25) is 0 Å². The predicted molar refractivity (Wildman–Crippen MR) is 85.0 cm³/mol. The second kappa shape index (κ2) is 5.29. The molecule has 3 unspecified atom stereocenters. The van der Waals surface area contributed by atoms with E-state index < -0.39 is 10.0 Å². The summed E-state index contributed by atoms with van der Waals surface area (Å²) in [6.45, 7) is 3.73. The van der Waals surface area contributed by atoms with Crippen molar-refractivity contribution in [3.8, 4) is 0 Å². The summed E-state index contributed by atoms with van der Waals surface area (Å²) in [4.78, 5) is 0.448. The van der Waals surface area contributed by atoms with E-state index >= 15 is 0 Å². The molecular formula is C16H24N2O2S. The molecule has 4 nitrogen and oxygen atoms in total. The van der Waals surface area contributed by atoms with Crippen LogP contribution in [0.25, 0.3) is 0 Å². The Kier molecular flexibility index (Phi) is 3.74. The van der Waals surface area contributed by atoms with Crippen molar-refractivity contribution in [3.63, 3.8) is 0 Å². The van der Waals surface area contributed by atoms with Crippen molar-refractivity contribution in [2.75, 3.05) is 12.4 Å². The summed E-state index contributed by atoms with van der Waals surface area (Å²) >= 11 is 0. The van der Waals surface area contributed by atoms with E-state index in [4.69, 9.17) is 0 Å². The maximum Gasteiger partial charge on any atom is 0.241 e. The molecule has 21 heavy (non-hydrogen) atoms. The molecule has 0 spiro atoms. The Balaban J connectivity index is 1.88. The van der Waals surface area contributed by atoms with Crippen LogP contribution in [0.4, 0.5) is 5.69 Å². The molecule has 2 bridgehead atoms. The predicted octanol–water partition coefficient (Wildman–Crippen LogP) is 2.81. The number of rotatable bonds is 4. The zero-order valence-corrected chi connectivity index (χ0v) is 13.8. The monoisotopic (exact) mass is 308 g/mol. The van der Waals surface area contributed by atoms with Crippen molar-refractivity contribution >= 4 is 15.7 Å². The Morgan fingerprint density at radius 3 is 2.24 bits per heavy atom. The summed E-state index contributed by atoms with van der Waals surface area (Å²) < 4.78 is 28.5. The highest BCUT2D eigenvalue weighted by molar-refractivity contribution is 7.89. The Morgan fingerprint density at radius 1 is 1.10 bits per heavy atom. The molecule has 1 aromatic rings. The molecule has 0 saturated heterocycles. The fourth-order valence-electron chi connectivity index (χ4n) is 4.17. The average Bonchev–Trinajstić information content (AvgIpc) is 2.98. The van der Waals surface area contributed by atoms with Crippen molar-refractivity contribution in [2.45, 2.75) is 50.5 Å². The lowest BCUT2D eigenvalue weighted by Crippen LogP contribution is -2.39. The first kappa shape index (κ1) is 14.9. The molecule has 0 radical (unpaired) electrons. The first-order valence-corrected chi connectivity index (χ1v) is 9.20. The highest BCUT2D eigenvalue weighted by Crippen LogP contribution is 2.45. The van der Waals surface area contributed by atoms with E-state index in [1.54, 1.807) is 0 Å². The number of nitrogens with one attached hydrogen (secondary N) is 2. The Hall–Kier alpha value is -1.07.